The third-order valence-electron chi connectivity index (χ3n) is 6.16. The minimum absolute atomic E-state index is 0.390. The first-order chi connectivity index (χ1) is 16.0. The van der Waals surface area contributed by atoms with Gasteiger partial charge in [-0.05, 0) is 64.4 Å². The van der Waals surface area contributed by atoms with Gasteiger partial charge in [0.2, 0.25) is 0 Å². The van der Waals surface area contributed by atoms with Crippen LogP contribution in [0.1, 0.15) is 25.0 Å². The molecule has 1 aliphatic rings. The molecule has 0 N–H and O–H groups in total. The zero-order valence-corrected chi connectivity index (χ0v) is 19.1. The second-order valence-electron chi connectivity index (χ2n) is 8.67. The Kier molecular flexibility index (Phi) is 4.91. The van der Waals surface area contributed by atoms with Crippen LogP contribution in [-0.4, -0.2) is 13.9 Å². The molecule has 5 rings (SSSR count). The zero-order chi connectivity index (χ0) is 24.3. The van der Waals surface area contributed by atoms with Gasteiger partial charge in [-0.3, -0.25) is 0 Å². The molecule has 34 heavy (non-hydrogen) atoms. The van der Waals surface area contributed by atoms with Crippen LogP contribution in [0.3, 0.4) is 0 Å². The lowest BCUT2D eigenvalue weighted by atomic mass is 9.73. The van der Waals surface area contributed by atoms with E-state index in [2.05, 4.69) is 35.1 Å². The van der Waals surface area contributed by atoms with Crippen LogP contribution >= 0.6 is 0 Å². The topological polar surface area (TPSA) is 46.6 Å². The van der Waals surface area contributed by atoms with Crippen LogP contribution in [0, 0.1) is 0 Å². The van der Waals surface area contributed by atoms with Crippen molar-refractivity contribution in [1.29, 1.82) is 0 Å². The maximum Gasteiger partial charge on any atom is 0.534 e. The molecule has 0 radical (unpaired) electrons. The molecule has 0 saturated heterocycles. The SMILES string of the molecule is CC1(C)c2ccccc2N(c2ccccc2)c2cc3ccc(OS(=O)(=O)C(F)(F)F)cc3cc21. The van der Waals surface area contributed by atoms with Gasteiger partial charge in [0.15, 0.2) is 0 Å². The van der Waals surface area contributed by atoms with Crippen molar-refractivity contribution < 1.29 is 25.8 Å². The molecular weight excluding hydrogens is 463 g/mol. The molecule has 0 atom stereocenters. The van der Waals surface area contributed by atoms with Crippen LogP contribution < -0.4 is 9.08 Å². The highest BCUT2D eigenvalue weighted by molar-refractivity contribution is 7.88. The molecule has 0 spiro atoms. The van der Waals surface area contributed by atoms with Crippen LogP contribution in [0.4, 0.5) is 30.2 Å². The second kappa shape index (κ2) is 7.50. The molecule has 0 amide bonds. The lowest BCUT2D eigenvalue weighted by Crippen LogP contribution is -2.30. The molecule has 1 heterocycles. The van der Waals surface area contributed by atoms with Crippen molar-refractivity contribution in [3.63, 3.8) is 0 Å². The normalized spacial score (nSPS) is 15.0. The van der Waals surface area contributed by atoms with Crippen molar-refractivity contribution in [2.45, 2.75) is 24.8 Å². The molecule has 0 saturated carbocycles. The molecule has 8 heteroatoms. The minimum Gasteiger partial charge on any atom is -0.376 e. The first-order valence-electron chi connectivity index (χ1n) is 10.5. The number of halogens is 3. The monoisotopic (exact) mass is 483 g/mol. The van der Waals surface area contributed by atoms with Crippen LogP contribution in [-0.2, 0) is 15.5 Å². The maximum absolute atomic E-state index is 12.8. The summed E-state index contributed by atoms with van der Waals surface area (Å²) in [6, 6.07) is 26.0. The van der Waals surface area contributed by atoms with E-state index in [-0.39, 0.29) is 0 Å². The molecule has 4 aromatic carbocycles. The summed E-state index contributed by atoms with van der Waals surface area (Å²) in [7, 11) is -5.75. The number of anilines is 3. The van der Waals surface area contributed by atoms with Crippen LogP contribution in [0.5, 0.6) is 5.75 Å². The van der Waals surface area contributed by atoms with Crippen molar-refractivity contribution in [2.75, 3.05) is 4.90 Å². The van der Waals surface area contributed by atoms with E-state index < -0.39 is 26.8 Å². The van der Waals surface area contributed by atoms with Gasteiger partial charge in [-0.15, -0.1) is 0 Å². The third kappa shape index (κ3) is 3.49. The fourth-order valence-electron chi connectivity index (χ4n) is 4.50. The quantitative estimate of drug-likeness (QED) is 0.229. The smallest absolute Gasteiger partial charge is 0.376 e. The molecule has 0 aliphatic carbocycles. The van der Waals surface area contributed by atoms with Crippen molar-refractivity contribution in [2.24, 2.45) is 0 Å². The number of alkyl halides is 3. The van der Waals surface area contributed by atoms with E-state index in [1.165, 1.54) is 12.1 Å². The summed E-state index contributed by atoms with van der Waals surface area (Å²) in [4.78, 5) is 2.16. The van der Waals surface area contributed by atoms with Gasteiger partial charge >= 0.3 is 15.6 Å². The van der Waals surface area contributed by atoms with E-state index in [1.807, 2.05) is 54.6 Å². The highest BCUT2D eigenvalue weighted by Gasteiger charge is 2.48. The first-order valence-corrected chi connectivity index (χ1v) is 11.9. The number of benzene rings is 4. The number of fused-ring (bicyclic) bond motifs is 3. The Labute approximate surface area is 195 Å². The average molecular weight is 484 g/mol. The van der Waals surface area contributed by atoms with Crippen LogP contribution in [0.25, 0.3) is 10.8 Å². The fourth-order valence-corrected chi connectivity index (χ4v) is 4.95. The van der Waals surface area contributed by atoms with Gasteiger partial charge in [-0.2, -0.15) is 21.6 Å². The van der Waals surface area contributed by atoms with Gasteiger partial charge in [0.25, 0.3) is 0 Å². The van der Waals surface area contributed by atoms with E-state index in [0.717, 1.165) is 33.6 Å². The molecule has 4 aromatic rings. The average Bonchev–Trinajstić information content (AvgIpc) is 2.78. The number of nitrogens with zero attached hydrogens (tertiary/aromatic N) is 1. The Morgan fingerprint density at radius 3 is 2.15 bits per heavy atom. The van der Waals surface area contributed by atoms with Gasteiger partial charge in [0.05, 0.1) is 11.4 Å². The van der Waals surface area contributed by atoms with E-state index >= 15 is 0 Å². The third-order valence-corrected chi connectivity index (χ3v) is 7.14. The molecule has 4 nitrogen and oxygen atoms in total. The van der Waals surface area contributed by atoms with Crippen LogP contribution in [0.2, 0.25) is 0 Å². The van der Waals surface area contributed by atoms with Gasteiger partial charge in [0, 0.05) is 11.1 Å². The largest absolute Gasteiger partial charge is 0.534 e. The standard InChI is InChI=1S/C26H20F3NO3S/c1-25(2)21-10-6-7-11-23(21)30(19-8-4-3-5-9-19)24-16-17-12-13-20(14-18(17)15-22(24)25)33-34(31,32)26(27,28)29/h3-16H,1-2H3. The van der Waals surface area contributed by atoms with E-state index in [0.29, 0.717) is 5.39 Å². The van der Waals surface area contributed by atoms with Crippen molar-refractivity contribution in [1.82, 2.24) is 0 Å². The fraction of sp³-hybridized carbons (Fsp3) is 0.154. The van der Waals surface area contributed by atoms with E-state index in [9.17, 15) is 21.6 Å². The lowest BCUT2D eigenvalue weighted by molar-refractivity contribution is -0.0500. The zero-order valence-electron chi connectivity index (χ0n) is 18.3. The molecule has 0 unspecified atom stereocenters. The minimum atomic E-state index is -5.75. The molecule has 1 aliphatic heterocycles. The maximum atomic E-state index is 12.8. The number of para-hydroxylation sites is 2. The molecule has 0 aromatic heterocycles. The first kappa shape index (κ1) is 22.3. The van der Waals surface area contributed by atoms with Crippen molar-refractivity contribution >= 4 is 38.0 Å². The number of hydrogen-bond acceptors (Lipinski definition) is 4. The highest BCUT2D eigenvalue weighted by Crippen LogP contribution is 2.52. The summed E-state index contributed by atoms with van der Waals surface area (Å²) in [6.45, 7) is 4.18. The Bertz CT molecular complexity index is 1510. The van der Waals surface area contributed by atoms with E-state index in [4.69, 9.17) is 0 Å². The summed E-state index contributed by atoms with van der Waals surface area (Å²) in [6.07, 6.45) is 0. The predicted octanol–water partition coefficient (Wildman–Crippen LogP) is 7.18. The highest BCUT2D eigenvalue weighted by atomic mass is 32.2. The Balaban J connectivity index is 1.71. The molecule has 0 fully saturated rings. The van der Waals surface area contributed by atoms with Gasteiger partial charge in [0.1, 0.15) is 5.75 Å². The van der Waals surface area contributed by atoms with Crippen LogP contribution in [0.15, 0.2) is 84.9 Å². The van der Waals surface area contributed by atoms with Crippen molar-refractivity contribution in [3.8, 4) is 5.75 Å². The Hall–Kier alpha value is -3.52. The summed E-state index contributed by atoms with van der Waals surface area (Å²) >= 11 is 0. The van der Waals surface area contributed by atoms with Gasteiger partial charge in [-0.1, -0.05) is 56.3 Å². The number of rotatable bonds is 3. The lowest BCUT2D eigenvalue weighted by Gasteiger charge is -2.42. The Morgan fingerprint density at radius 2 is 1.44 bits per heavy atom. The Morgan fingerprint density at radius 1 is 0.765 bits per heavy atom. The van der Waals surface area contributed by atoms with Crippen molar-refractivity contribution in [3.05, 3.63) is 96.1 Å². The summed E-state index contributed by atoms with van der Waals surface area (Å²) in [5.41, 5.74) is -0.904. The van der Waals surface area contributed by atoms with Gasteiger partial charge < -0.3 is 9.08 Å². The summed E-state index contributed by atoms with van der Waals surface area (Å²) < 4.78 is 65.7. The molecule has 174 valence electrons. The van der Waals surface area contributed by atoms with E-state index in [1.54, 1.807) is 6.07 Å². The summed E-state index contributed by atoms with van der Waals surface area (Å²) in [5.74, 6) is -0.390. The predicted molar refractivity (Wildman–Crippen MR) is 126 cm³/mol. The molecular formula is C26H20F3NO3S. The van der Waals surface area contributed by atoms with Gasteiger partial charge in [-0.25, -0.2) is 0 Å². The number of hydrogen-bond donors (Lipinski definition) is 0. The summed E-state index contributed by atoms with van der Waals surface area (Å²) in [5, 5.41) is 1.32. The second-order valence-corrected chi connectivity index (χ2v) is 10.2. The molecule has 0 bridgehead atoms.